The molecule has 2 N–H and O–H groups in total. The minimum absolute atomic E-state index is 0.0167. The van der Waals surface area contributed by atoms with Crippen molar-refractivity contribution in [1.29, 1.82) is 0 Å². The van der Waals surface area contributed by atoms with E-state index in [4.69, 9.17) is 32.6 Å². The highest BCUT2D eigenvalue weighted by atomic mass is 19.1. The maximum absolute atomic E-state index is 13.3. The number of ether oxygens (including phenoxy) is 3. The Hall–Kier alpha value is -6.79. The van der Waals surface area contributed by atoms with Crippen LogP contribution in [0.25, 0.3) is 44.6 Å². The molecule has 0 radical (unpaired) electrons. The van der Waals surface area contributed by atoms with E-state index >= 15 is 0 Å². The summed E-state index contributed by atoms with van der Waals surface area (Å²) in [5.74, 6) is 0.508. The molecule has 2 aromatic heterocycles. The highest BCUT2D eigenvalue weighted by molar-refractivity contribution is 6.12. The molecule has 2 heterocycles. The summed E-state index contributed by atoms with van der Waals surface area (Å²) in [6, 6.07) is 18.2. The van der Waals surface area contributed by atoms with Gasteiger partial charge in [-0.2, -0.15) is 9.59 Å². The fourth-order valence-corrected chi connectivity index (χ4v) is 5.51. The van der Waals surface area contributed by atoms with E-state index in [1.165, 1.54) is 49.5 Å². The van der Waals surface area contributed by atoms with E-state index in [1.54, 1.807) is 25.2 Å². The summed E-state index contributed by atoms with van der Waals surface area (Å²) in [5, 5.41) is 6.38. The van der Waals surface area contributed by atoms with Crippen molar-refractivity contribution < 1.29 is 55.8 Å². The van der Waals surface area contributed by atoms with Crippen LogP contribution in [0, 0.1) is 18.6 Å². The van der Waals surface area contributed by atoms with Crippen LogP contribution in [0.1, 0.15) is 54.0 Å². The molecule has 0 atom stereocenters. The van der Waals surface area contributed by atoms with Gasteiger partial charge >= 0.3 is 6.15 Å². The third-order valence-electron chi connectivity index (χ3n) is 7.76. The molecule has 0 aliphatic carbocycles. The Morgan fingerprint density at radius 1 is 0.673 bits per heavy atom. The molecule has 0 aliphatic heterocycles. The Morgan fingerprint density at radius 3 is 1.47 bits per heavy atom. The molecule has 0 saturated heterocycles. The molecular formula is C41H38F2N2O10. The van der Waals surface area contributed by atoms with Gasteiger partial charge in [0.1, 0.15) is 40.1 Å². The van der Waals surface area contributed by atoms with Crippen LogP contribution in [0.5, 0.6) is 17.2 Å². The lowest BCUT2D eigenvalue weighted by Gasteiger charge is -2.12. The van der Waals surface area contributed by atoms with Gasteiger partial charge in [0.2, 0.25) is 0 Å². The first-order chi connectivity index (χ1) is 26.3. The van der Waals surface area contributed by atoms with Gasteiger partial charge in [-0.1, -0.05) is 0 Å². The van der Waals surface area contributed by atoms with Crippen molar-refractivity contribution >= 4 is 46.4 Å². The number of hydrogen-bond acceptors (Lipinski definition) is 10. The summed E-state index contributed by atoms with van der Waals surface area (Å²) >= 11 is 0. The Labute approximate surface area is 314 Å². The van der Waals surface area contributed by atoms with E-state index in [0.717, 1.165) is 5.56 Å². The number of fused-ring (bicyclic) bond motifs is 2. The van der Waals surface area contributed by atoms with Crippen LogP contribution in [0.4, 0.5) is 8.78 Å². The first kappa shape index (κ1) is 41.0. The molecule has 286 valence electrons. The van der Waals surface area contributed by atoms with E-state index in [1.807, 2.05) is 46.8 Å². The molecule has 0 fully saturated rings. The van der Waals surface area contributed by atoms with Gasteiger partial charge in [0.15, 0.2) is 11.5 Å². The molecule has 14 heteroatoms. The van der Waals surface area contributed by atoms with Crippen LogP contribution in [-0.2, 0) is 14.4 Å². The van der Waals surface area contributed by atoms with Crippen molar-refractivity contribution in [3.63, 3.8) is 0 Å². The molecule has 55 heavy (non-hydrogen) atoms. The van der Waals surface area contributed by atoms with Crippen LogP contribution in [0.2, 0.25) is 0 Å². The predicted octanol–water partition coefficient (Wildman–Crippen LogP) is 8.03. The van der Waals surface area contributed by atoms with E-state index in [0.29, 0.717) is 55.9 Å². The van der Waals surface area contributed by atoms with Crippen LogP contribution in [-0.4, -0.2) is 50.7 Å². The molecule has 0 saturated carbocycles. The number of hydrogen-bond donors (Lipinski definition) is 2. The number of carbonyl (C=O) groups excluding carboxylic acids is 5. The number of aryl methyl sites for hydroxylation is 1. The maximum atomic E-state index is 13.3. The highest BCUT2D eigenvalue weighted by Crippen LogP contribution is 2.41. The number of benzene rings is 4. The monoisotopic (exact) mass is 756 g/mol. The van der Waals surface area contributed by atoms with E-state index < -0.39 is 5.82 Å². The largest absolute Gasteiger partial charge is 0.491 e. The van der Waals surface area contributed by atoms with Crippen molar-refractivity contribution in [2.45, 2.75) is 46.8 Å². The maximum Gasteiger partial charge on any atom is 0.373 e. The molecule has 12 nitrogen and oxygen atoms in total. The first-order valence-electron chi connectivity index (χ1n) is 16.8. The lowest BCUT2D eigenvalue weighted by molar-refractivity contribution is -0.191. The molecule has 4 aromatic carbocycles. The van der Waals surface area contributed by atoms with Gasteiger partial charge in [-0.15, -0.1) is 0 Å². The summed E-state index contributed by atoms with van der Waals surface area (Å²) in [6.45, 7) is 9.77. The lowest BCUT2D eigenvalue weighted by atomic mass is 10.0. The van der Waals surface area contributed by atoms with E-state index in [-0.39, 0.29) is 59.5 Å². The van der Waals surface area contributed by atoms with Crippen molar-refractivity contribution in [2.24, 2.45) is 0 Å². The van der Waals surface area contributed by atoms with Gasteiger partial charge in [-0.3, -0.25) is 14.4 Å². The minimum atomic E-state index is -0.398. The third kappa shape index (κ3) is 9.61. The van der Waals surface area contributed by atoms with Gasteiger partial charge in [-0.25, -0.2) is 8.78 Å². The van der Waals surface area contributed by atoms with Crippen molar-refractivity contribution in [2.75, 3.05) is 14.1 Å². The Kier molecular flexibility index (Phi) is 13.6. The smallest absolute Gasteiger partial charge is 0.373 e. The lowest BCUT2D eigenvalue weighted by Crippen LogP contribution is -2.18. The number of nitrogens with one attached hydrogen (secondary N) is 2. The average Bonchev–Trinajstić information content (AvgIpc) is 3.70. The first-order valence-corrected chi connectivity index (χ1v) is 16.8. The highest BCUT2D eigenvalue weighted by Gasteiger charge is 2.25. The molecule has 6 aromatic rings. The van der Waals surface area contributed by atoms with Crippen LogP contribution >= 0.6 is 0 Å². The fourth-order valence-electron chi connectivity index (χ4n) is 5.51. The zero-order chi connectivity index (χ0) is 40.4. The molecule has 0 spiro atoms. The topological polar surface area (TPSA) is 163 Å². The number of furan rings is 2. The Bertz CT molecular complexity index is 2340. The predicted molar refractivity (Wildman–Crippen MR) is 198 cm³/mol. The van der Waals surface area contributed by atoms with E-state index in [2.05, 4.69) is 10.6 Å². The Morgan fingerprint density at radius 2 is 1.07 bits per heavy atom. The van der Waals surface area contributed by atoms with Crippen molar-refractivity contribution in [3.05, 3.63) is 101 Å². The summed E-state index contributed by atoms with van der Waals surface area (Å²) in [6.07, 6.45) is 0.0893. The summed E-state index contributed by atoms with van der Waals surface area (Å²) in [5.41, 5.74) is 3.72. The molecule has 2 amide bonds. The molecule has 0 bridgehead atoms. The molecule has 6 rings (SSSR count). The Balaban J connectivity index is 0.000000229. The SMILES string of the molecule is CNC(=O)c1c(-c2ccc(F)cc2)oc2cc(C)c(OC(C)C)cc12.CNC(=O)c1c(-c2ccc(F)cc2)oc2cc(OC=O)c(OC(C)C)cc12.O=C=O. The number of halogens is 2. The number of carbonyl (C=O) groups is 3. The molecular weight excluding hydrogens is 718 g/mol. The van der Waals surface area contributed by atoms with Gasteiger partial charge < -0.3 is 33.7 Å². The van der Waals surface area contributed by atoms with Gasteiger partial charge in [-0.05, 0) is 107 Å². The normalized spacial score (nSPS) is 10.5. The summed E-state index contributed by atoms with van der Waals surface area (Å²) < 4.78 is 54.8. The van der Waals surface area contributed by atoms with Crippen LogP contribution in [0.15, 0.2) is 81.6 Å². The minimum Gasteiger partial charge on any atom is -0.491 e. The molecule has 0 unspecified atom stereocenters. The second kappa shape index (κ2) is 18.3. The summed E-state index contributed by atoms with van der Waals surface area (Å²) in [7, 11) is 3.07. The fraction of sp³-hybridized carbons (Fsp3) is 0.220. The average molecular weight is 757 g/mol. The number of amides is 2. The van der Waals surface area contributed by atoms with Crippen molar-refractivity contribution in [1.82, 2.24) is 10.6 Å². The third-order valence-corrected chi connectivity index (χ3v) is 7.76. The zero-order valence-electron chi connectivity index (χ0n) is 31.0. The summed E-state index contributed by atoms with van der Waals surface area (Å²) in [4.78, 5) is 52.1. The van der Waals surface area contributed by atoms with Crippen molar-refractivity contribution in [3.8, 4) is 39.9 Å². The molecule has 0 aliphatic rings. The second-order valence-corrected chi connectivity index (χ2v) is 12.3. The number of rotatable bonds is 10. The second-order valence-electron chi connectivity index (χ2n) is 12.3. The van der Waals surface area contributed by atoms with Crippen LogP contribution < -0.4 is 24.8 Å². The quantitative estimate of drug-likeness (QED) is 0.131. The van der Waals surface area contributed by atoms with Crippen LogP contribution in [0.3, 0.4) is 0 Å². The van der Waals surface area contributed by atoms with Gasteiger partial charge in [0, 0.05) is 42.1 Å². The zero-order valence-corrected chi connectivity index (χ0v) is 31.0. The van der Waals surface area contributed by atoms with Gasteiger partial charge in [0.25, 0.3) is 18.3 Å². The standard InChI is InChI=1S/C20H18FNO5.C20H20FNO3.CO2/c1-11(2)26-17-8-14-15(9-16(17)25-10-23)27-19(18(14)20(24)22-3)12-4-6-13(21)7-5-12;1-11(2)24-16-10-15-17(9-12(16)3)25-19(18(15)20(23)22-4)13-5-7-14(21)8-6-13;2-1-3/h4-11H,1-3H3,(H,22,24);5-11H,1-4H3,(H,22,23);. The van der Waals surface area contributed by atoms with Gasteiger partial charge in [0.05, 0.1) is 23.3 Å². The van der Waals surface area contributed by atoms with E-state index in [9.17, 15) is 23.2 Å².